The summed E-state index contributed by atoms with van der Waals surface area (Å²) in [7, 11) is 0. The maximum atomic E-state index is 10.3. The molecule has 1 aromatic carbocycles. The summed E-state index contributed by atoms with van der Waals surface area (Å²) in [5, 5.41) is 10.7. The Labute approximate surface area is 97.0 Å². The molecule has 5 heteroatoms. The van der Waals surface area contributed by atoms with Crippen LogP contribution < -0.4 is 14.6 Å². The first-order valence-electron chi connectivity index (χ1n) is 4.65. The van der Waals surface area contributed by atoms with E-state index in [-0.39, 0.29) is 0 Å². The van der Waals surface area contributed by atoms with Crippen molar-refractivity contribution in [3.8, 4) is 11.5 Å². The Morgan fingerprint density at radius 3 is 2.88 bits per heavy atom. The number of ether oxygens (including phenoxy) is 2. The number of hydrogen-bond acceptors (Lipinski definition) is 4. The topological polar surface area (TPSA) is 58.6 Å². The summed E-state index contributed by atoms with van der Waals surface area (Å²) in [6, 6.07) is 3.27. The molecule has 0 saturated heterocycles. The highest BCUT2D eigenvalue weighted by atomic mass is 35.5. The van der Waals surface area contributed by atoms with Crippen molar-refractivity contribution in [2.75, 3.05) is 13.2 Å². The molecule has 0 aliphatic carbocycles. The quantitative estimate of drug-likeness (QED) is 0.719. The first-order valence-corrected chi connectivity index (χ1v) is 5.03. The fourth-order valence-corrected chi connectivity index (χ4v) is 1.66. The van der Waals surface area contributed by atoms with Crippen molar-refractivity contribution < 1.29 is 19.4 Å². The van der Waals surface area contributed by atoms with Crippen molar-refractivity contribution >= 4 is 23.6 Å². The summed E-state index contributed by atoms with van der Waals surface area (Å²) < 4.78 is 10.7. The molecule has 0 atom stereocenters. The van der Waals surface area contributed by atoms with Gasteiger partial charge >= 0.3 is 0 Å². The van der Waals surface area contributed by atoms with Gasteiger partial charge in [-0.1, -0.05) is 17.7 Å². The molecule has 84 valence electrons. The second-order valence-corrected chi connectivity index (χ2v) is 3.59. The summed E-state index contributed by atoms with van der Waals surface area (Å²) in [6.07, 6.45) is 2.32. The van der Waals surface area contributed by atoms with Crippen LogP contribution in [-0.4, -0.2) is 19.2 Å². The number of aliphatic carboxylic acids is 1. The zero-order valence-corrected chi connectivity index (χ0v) is 8.99. The zero-order chi connectivity index (χ0) is 11.5. The number of rotatable bonds is 2. The van der Waals surface area contributed by atoms with E-state index in [1.807, 2.05) is 0 Å². The number of carboxylic acids is 1. The Morgan fingerprint density at radius 2 is 2.12 bits per heavy atom. The Morgan fingerprint density at radius 1 is 1.38 bits per heavy atom. The smallest absolute Gasteiger partial charge is 0.179 e. The molecule has 0 saturated carbocycles. The number of carboxylic acid groups (broad SMARTS) is 1. The standard InChI is InChI=1S/C11H9ClO4/c12-8-5-7(1-2-10(13)14)6-9-11(8)16-4-3-15-9/h1-2,5-6H,3-4H2,(H,13,14)/p-1/b2-1+. The zero-order valence-electron chi connectivity index (χ0n) is 8.23. The van der Waals surface area contributed by atoms with Gasteiger partial charge in [-0.3, -0.25) is 0 Å². The largest absolute Gasteiger partial charge is 0.545 e. The van der Waals surface area contributed by atoms with Gasteiger partial charge < -0.3 is 19.4 Å². The Bertz CT molecular complexity index is 454. The Hall–Kier alpha value is -1.68. The number of carbonyl (C=O) groups is 1. The molecule has 0 spiro atoms. The van der Waals surface area contributed by atoms with E-state index in [1.54, 1.807) is 12.1 Å². The van der Waals surface area contributed by atoms with Crippen LogP contribution in [0.4, 0.5) is 0 Å². The summed E-state index contributed by atoms with van der Waals surface area (Å²) in [5.41, 5.74) is 0.624. The molecule has 0 N–H and O–H groups in total. The first kappa shape index (κ1) is 10.8. The van der Waals surface area contributed by atoms with E-state index >= 15 is 0 Å². The van der Waals surface area contributed by atoms with Crippen molar-refractivity contribution in [1.29, 1.82) is 0 Å². The molecular formula is C11H8ClO4-. The van der Waals surface area contributed by atoms with E-state index in [9.17, 15) is 9.90 Å². The third-order valence-corrected chi connectivity index (χ3v) is 2.31. The van der Waals surface area contributed by atoms with E-state index < -0.39 is 5.97 Å². The second kappa shape index (κ2) is 4.45. The number of halogens is 1. The molecule has 1 aromatic rings. The van der Waals surface area contributed by atoms with E-state index in [1.165, 1.54) is 6.08 Å². The van der Waals surface area contributed by atoms with Crippen LogP contribution >= 0.6 is 11.6 Å². The first-order chi connectivity index (χ1) is 7.66. The molecule has 1 heterocycles. The molecule has 1 aliphatic rings. The third kappa shape index (κ3) is 2.28. The Balaban J connectivity index is 2.35. The minimum Gasteiger partial charge on any atom is -0.545 e. The highest BCUT2D eigenvalue weighted by molar-refractivity contribution is 6.32. The minimum atomic E-state index is -1.26. The number of fused-ring (bicyclic) bond motifs is 1. The molecule has 0 fully saturated rings. The second-order valence-electron chi connectivity index (χ2n) is 3.18. The predicted molar refractivity (Wildman–Crippen MR) is 56.5 cm³/mol. The summed E-state index contributed by atoms with van der Waals surface area (Å²) >= 11 is 5.96. The van der Waals surface area contributed by atoms with Gasteiger partial charge in [-0.15, -0.1) is 0 Å². The van der Waals surface area contributed by atoms with Crippen molar-refractivity contribution in [2.24, 2.45) is 0 Å². The third-order valence-electron chi connectivity index (χ3n) is 2.03. The molecule has 16 heavy (non-hydrogen) atoms. The number of carbonyl (C=O) groups excluding carboxylic acids is 1. The van der Waals surface area contributed by atoms with Crippen LogP contribution in [0, 0.1) is 0 Å². The normalized spacial score (nSPS) is 14.1. The number of hydrogen-bond donors (Lipinski definition) is 0. The highest BCUT2D eigenvalue weighted by Crippen LogP contribution is 2.38. The fourth-order valence-electron chi connectivity index (χ4n) is 1.39. The highest BCUT2D eigenvalue weighted by Gasteiger charge is 2.15. The average molecular weight is 240 g/mol. The molecular weight excluding hydrogens is 232 g/mol. The van der Waals surface area contributed by atoms with Gasteiger partial charge in [0.25, 0.3) is 0 Å². The van der Waals surface area contributed by atoms with E-state index in [2.05, 4.69) is 0 Å². The maximum absolute atomic E-state index is 10.3. The lowest BCUT2D eigenvalue weighted by Crippen LogP contribution is -2.18. The predicted octanol–water partition coefficient (Wildman–Crippen LogP) is 0.874. The fraction of sp³-hybridized carbons (Fsp3) is 0.182. The average Bonchev–Trinajstić information content (AvgIpc) is 2.26. The van der Waals surface area contributed by atoms with Crippen LogP contribution in [-0.2, 0) is 4.79 Å². The van der Waals surface area contributed by atoms with E-state index in [4.69, 9.17) is 21.1 Å². The van der Waals surface area contributed by atoms with Gasteiger partial charge in [0.15, 0.2) is 11.5 Å². The van der Waals surface area contributed by atoms with Gasteiger partial charge in [0, 0.05) is 0 Å². The van der Waals surface area contributed by atoms with Gasteiger partial charge in [0.05, 0.1) is 11.0 Å². The molecule has 4 nitrogen and oxygen atoms in total. The summed E-state index contributed by atoms with van der Waals surface area (Å²) in [5.74, 6) is -0.235. The van der Waals surface area contributed by atoms with Gasteiger partial charge in [-0.25, -0.2) is 0 Å². The van der Waals surface area contributed by atoms with Crippen LogP contribution in [0.25, 0.3) is 6.08 Å². The monoisotopic (exact) mass is 239 g/mol. The van der Waals surface area contributed by atoms with Crippen molar-refractivity contribution in [3.05, 3.63) is 28.8 Å². The van der Waals surface area contributed by atoms with E-state index in [0.717, 1.165) is 6.08 Å². The molecule has 1 aliphatic heterocycles. The maximum Gasteiger partial charge on any atom is 0.179 e. The van der Waals surface area contributed by atoms with Crippen LogP contribution in [0.5, 0.6) is 11.5 Å². The van der Waals surface area contributed by atoms with Gasteiger partial charge in [-0.05, 0) is 23.8 Å². The summed E-state index contributed by atoms with van der Waals surface area (Å²) in [4.78, 5) is 10.3. The van der Waals surface area contributed by atoms with Crippen molar-refractivity contribution in [1.82, 2.24) is 0 Å². The minimum absolute atomic E-state index is 0.398. The molecule has 0 radical (unpaired) electrons. The van der Waals surface area contributed by atoms with Crippen LogP contribution in [0.15, 0.2) is 18.2 Å². The molecule has 0 unspecified atom stereocenters. The van der Waals surface area contributed by atoms with Gasteiger partial charge in [0.2, 0.25) is 0 Å². The van der Waals surface area contributed by atoms with Crippen molar-refractivity contribution in [3.63, 3.8) is 0 Å². The van der Waals surface area contributed by atoms with Crippen LogP contribution in [0.1, 0.15) is 5.56 Å². The van der Waals surface area contributed by atoms with E-state index in [0.29, 0.717) is 35.3 Å². The lowest BCUT2D eigenvalue weighted by molar-refractivity contribution is -0.297. The SMILES string of the molecule is O=C([O-])/C=C/c1cc(Cl)c2c(c1)OCCO2. The molecule has 0 bridgehead atoms. The molecule has 0 aromatic heterocycles. The lowest BCUT2D eigenvalue weighted by atomic mass is 10.2. The van der Waals surface area contributed by atoms with Crippen LogP contribution in [0.2, 0.25) is 5.02 Å². The Kier molecular flexibility index (Phi) is 3.01. The number of benzene rings is 1. The van der Waals surface area contributed by atoms with Gasteiger partial charge in [0.1, 0.15) is 13.2 Å². The van der Waals surface area contributed by atoms with Gasteiger partial charge in [-0.2, -0.15) is 0 Å². The molecule has 0 amide bonds. The summed E-state index contributed by atoms with van der Waals surface area (Å²) in [6.45, 7) is 0.915. The van der Waals surface area contributed by atoms with Crippen LogP contribution in [0.3, 0.4) is 0 Å². The van der Waals surface area contributed by atoms with Crippen molar-refractivity contribution in [2.45, 2.75) is 0 Å². The molecule has 2 rings (SSSR count). The lowest BCUT2D eigenvalue weighted by Gasteiger charge is -2.19.